The molecule has 134 valence electrons. The van der Waals surface area contributed by atoms with Gasteiger partial charge in [-0.3, -0.25) is 0 Å². The summed E-state index contributed by atoms with van der Waals surface area (Å²) in [6.07, 6.45) is -21.3. The molecule has 0 fully saturated rings. The zero-order valence-electron chi connectivity index (χ0n) is 10.8. The van der Waals surface area contributed by atoms with E-state index in [1.807, 2.05) is 0 Å². The molecule has 2 unspecified atom stereocenters. The topological polar surface area (TPSA) is 0 Å². The van der Waals surface area contributed by atoms with Gasteiger partial charge in [-0.05, 0) is 0 Å². The van der Waals surface area contributed by atoms with Crippen molar-refractivity contribution in [3.63, 3.8) is 0 Å². The van der Waals surface area contributed by atoms with Crippen molar-refractivity contribution in [1.29, 1.82) is 0 Å². The normalized spacial score (nSPS) is 16.5. The summed E-state index contributed by atoms with van der Waals surface area (Å²) in [5.74, 6) is 0. The average Bonchev–Trinajstić information content (AvgIpc) is 2.26. The fourth-order valence-electron chi connectivity index (χ4n) is 1.63. The van der Waals surface area contributed by atoms with Crippen LogP contribution in [-0.4, -0.2) is 45.9 Å². The fraction of sp³-hybridized carbons (Fsp3) is 1.00. The van der Waals surface area contributed by atoms with Gasteiger partial charge in [-0.1, -0.05) is 0 Å². The van der Waals surface area contributed by atoms with Crippen LogP contribution in [0, 0.1) is 0 Å². The van der Waals surface area contributed by atoms with E-state index in [1.165, 1.54) is 0 Å². The molecule has 0 rings (SSSR count). The van der Waals surface area contributed by atoms with E-state index in [0.717, 1.165) is 0 Å². The molecule has 0 amide bonds. The summed E-state index contributed by atoms with van der Waals surface area (Å²) in [7, 11) is 0. The van der Waals surface area contributed by atoms with Crippen molar-refractivity contribution < 1.29 is 48.3 Å². The molecular formula is C10H12AsF11. The van der Waals surface area contributed by atoms with Crippen LogP contribution < -0.4 is 0 Å². The van der Waals surface area contributed by atoms with E-state index in [9.17, 15) is 48.3 Å². The van der Waals surface area contributed by atoms with E-state index in [1.54, 1.807) is 0 Å². The first-order chi connectivity index (χ1) is 9.70. The van der Waals surface area contributed by atoms with Gasteiger partial charge in [0, 0.05) is 0 Å². The van der Waals surface area contributed by atoms with Crippen LogP contribution in [0.2, 0.25) is 4.20 Å². The van der Waals surface area contributed by atoms with Gasteiger partial charge in [-0.25, -0.2) is 0 Å². The number of rotatable bonds is 7. The minimum absolute atomic E-state index is 0.0276. The third-order valence-electron chi connectivity index (χ3n) is 2.74. The molecule has 0 aliphatic heterocycles. The van der Waals surface area contributed by atoms with Crippen LogP contribution in [0.15, 0.2) is 0 Å². The Kier molecular flexibility index (Phi) is 7.50. The summed E-state index contributed by atoms with van der Waals surface area (Å²) in [4.78, 5) is -2.84. The van der Waals surface area contributed by atoms with Gasteiger partial charge in [0.2, 0.25) is 0 Å². The van der Waals surface area contributed by atoms with Gasteiger partial charge >= 0.3 is 124 Å². The van der Waals surface area contributed by atoms with Crippen LogP contribution in [0.3, 0.4) is 0 Å². The van der Waals surface area contributed by atoms with Gasteiger partial charge < -0.3 is 0 Å². The van der Waals surface area contributed by atoms with Gasteiger partial charge in [0.15, 0.2) is 0 Å². The number of halogens is 11. The zero-order valence-corrected chi connectivity index (χ0v) is 12.9. The van der Waals surface area contributed by atoms with Crippen LogP contribution >= 0.6 is 0 Å². The second-order valence-corrected chi connectivity index (χ2v) is 7.89. The average molecular weight is 416 g/mol. The fourth-order valence-corrected chi connectivity index (χ4v) is 4.38. The maximum absolute atomic E-state index is 13.4. The Hall–Kier alpha value is -0.212. The third-order valence-corrected chi connectivity index (χ3v) is 6.70. The molecule has 0 saturated carbocycles. The second-order valence-electron chi connectivity index (χ2n) is 4.39. The van der Waals surface area contributed by atoms with Crippen LogP contribution in [-0.2, 0) is 0 Å². The third kappa shape index (κ3) is 4.89. The SMILES string of the molecule is FCCCCCC(F)[AsH]C(C(F)(F)F)(C(F)(F)F)C(F)(F)F. The van der Waals surface area contributed by atoms with Crippen molar-refractivity contribution in [3.8, 4) is 0 Å². The van der Waals surface area contributed by atoms with E-state index in [-0.39, 0.29) is 19.3 Å². The van der Waals surface area contributed by atoms with Crippen LogP contribution in [0.25, 0.3) is 0 Å². The van der Waals surface area contributed by atoms with Crippen molar-refractivity contribution >= 4 is 15.8 Å². The van der Waals surface area contributed by atoms with Crippen molar-refractivity contribution in [2.24, 2.45) is 0 Å². The summed E-state index contributed by atoms with van der Waals surface area (Å²) in [6.45, 7) is -0.815. The molecular weight excluding hydrogens is 404 g/mol. The summed E-state index contributed by atoms with van der Waals surface area (Å²) in [6, 6.07) is 0. The molecule has 0 aromatic heterocycles. The molecule has 0 aliphatic carbocycles. The van der Waals surface area contributed by atoms with Crippen LogP contribution in [0.4, 0.5) is 48.3 Å². The molecule has 0 bridgehead atoms. The second kappa shape index (κ2) is 7.57. The quantitative estimate of drug-likeness (QED) is 0.308. The molecule has 22 heavy (non-hydrogen) atoms. The molecule has 0 N–H and O–H groups in total. The van der Waals surface area contributed by atoms with Crippen molar-refractivity contribution in [3.05, 3.63) is 0 Å². The van der Waals surface area contributed by atoms with E-state index in [4.69, 9.17) is 0 Å². The van der Waals surface area contributed by atoms with Gasteiger partial charge in [-0.15, -0.1) is 0 Å². The molecule has 0 aliphatic rings. The Balaban J connectivity index is 5.35. The summed E-state index contributed by atoms with van der Waals surface area (Å²) < 4.78 is 132. The molecule has 0 nitrogen and oxygen atoms in total. The predicted molar refractivity (Wildman–Crippen MR) is 57.3 cm³/mol. The monoisotopic (exact) mass is 416 g/mol. The summed E-state index contributed by atoms with van der Waals surface area (Å²) in [5, 5.41) is 0. The van der Waals surface area contributed by atoms with Crippen molar-refractivity contribution in [2.75, 3.05) is 6.67 Å². The zero-order chi connectivity index (χ0) is 17.8. The Morgan fingerprint density at radius 1 is 0.682 bits per heavy atom. The first-order valence-electron chi connectivity index (χ1n) is 5.88. The molecule has 0 spiro atoms. The Morgan fingerprint density at radius 3 is 1.41 bits per heavy atom. The predicted octanol–water partition coefficient (Wildman–Crippen LogP) is 5.09. The minimum atomic E-state index is -6.69. The van der Waals surface area contributed by atoms with Gasteiger partial charge in [0.1, 0.15) is 0 Å². The maximum atomic E-state index is 13.4. The first-order valence-corrected chi connectivity index (χ1v) is 8.14. The number of hydrogen-bond donors (Lipinski definition) is 0. The first kappa shape index (κ1) is 21.8. The molecule has 0 saturated heterocycles. The van der Waals surface area contributed by atoms with E-state index >= 15 is 0 Å². The van der Waals surface area contributed by atoms with Gasteiger partial charge in [0.25, 0.3) is 0 Å². The van der Waals surface area contributed by atoms with E-state index in [0.29, 0.717) is 0 Å². The molecule has 12 heteroatoms. The Labute approximate surface area is 125 Å². The van der Waals surface area contributed by atoms with Crippen molar-refractivity contribution in [2.45, 2.75) is 53.4 Å². The summed E-state index contributed by atoms with van der Waals surface area (Å²) >= 11 is -4.18. The van der Waals surface area contributed by atoms with Crippen molar-refractivity contribution in [1.82, 2.24) is 0 Å². The van der Waals surface area contributed by atoms with E-state index in [2.05, 4.69) is 0 Å². The number of hydrogen-bond acceptors (Lipinski definition) is 0. The molecule has 0 heterocycles. The van der Waals surface area contributed by atoms with Gasteiger partial charge in [0.05, 0.1) is 0 Å². The van der Waals surface area contributed by atoms with Crippen LogP contribution in [0.5, 0.6) is 0 Å². The Bertz CT molecular complexity index is 293. The van der Waals surface area contributed by atoms with Gasteiger partial charge in [-0.2, -0.15) is 0 Å². The molecule has 0 aromatic rings. The summed E-state index contributed by atoms with van der Waals surface area (Å²) in [5.41, 5.74) is 0. The molecule has 0 radical (unpaired) electrons. The molecule has 0 aromatic carbocycles. The van der Waals surface area contributed by atoms with E-state index < -0.39 is 56.5 Å². The Morgan fingerprint density at radius 2 is 1.09 bits per heavy atom. The number of unbranched alkanes of at least 4 members (excludes halogenated alkanes) is 2. The standard InChI is InChI=1S/C10H12AsF11/c12-5-3-1-2-4-6(13)11-7(8(14,15)16,9(17,18)19)10(20,21)22/h6,11H,1-5H2. The van der Waals surface area contributed by atoms with Crippen LogP contribution in [0.1, 0.15) is 25.7 Å². The molecule has 2 atom stereocenters. The number of alkyl halides is 11.